The van der Waals surface area contributed by atoms with Gasteiger partial charge in [-0.25, -0.2) is 0 Å². The molecule has 2 aromatic rings. The third kappa shape index (κ3) is 4.72. The molecule has 0 radical (unpaired) electrons. The lowest BCUT2D eigenvalue weighted by Gasteiger charge is -2.14. The SMILES string of the molecule is CS(=O)(=O)Oc1cccc(C=C2SC(=S)N(Cc3ccccc3)C2=O)c1. The number of hydrogen-bond donors (Lipinski definition) is 0. The maximum Gasteiger partial charge on any atom is 0.306 e. The zero-order chi connectivity index (χ0) is 18.7. The van der Waals surface area contributed by atoms with Gasteiger partial charge < -0.3 is 4.18 Å². The molecule has 8 heteroatoms. The summed E-state index contributed by atoms with van der Waals surface area (Å²) in [4.78, 5) is 14.7. The zero-order valence-electron chi connectivity index (χ0n) is 13.8. The molecule has 0 spiro atoms. The highest BCUT2D eigenvalue weighted by atomic mass is 32.2. The Kier molecular flexibility index (Phi) is 5.45. The van der Waals surface area contributed by atoms with Crippen LogP contribution in [-0.4, -0.2) is 29.8 Å². The van der Waals surface area contributed by atoms with Crippen LogP contribution in [0.2, 0.25) is 0 Å². The molecule has 1 aliphatic heterocycles. The summed E-state index contributed by atoms with van der Waals surface area (Å²) in [5, 5.41) is 0. The summed E-state index contributed by atoms with van der Waals surface area (Å²) in [5.74, 6) is 0.0271. The second-order valence-corrected chi connectivity index (χ2v) is 8.86. The predicted octanol–water partition coefficient (Wildman–Crippen LogP) is 3.43. The van der Waals surface area contributed by atoms with Gasteiger partial charge in [0.15, 0.2) is 0 Å². The van der Waals surface area contributed by atoms with Crippen LogP contribution in [-0.2, 0) is 21.5 Å². The van der Waals surface area contributed by atoms with Crippen molar-refractivity contribution in [2.24, 2.45) is 0 Å². The van der Waals surface area contributed by atoms with Crippen LogP contribution in [0.4, 0.5) is 0 Å². The molecule has 3 rings (SSSR count). The summed E-state index contributed by atoms with van der Waals surface area (Å²) in [5.41, 5.74) is 1.65. The first-order chi connectivity index (χ1) is 12.3. The molecular weight excluding hydrogens is 390 g/mol. The van der Waals surface area contributed by atoms with E-state index in [-0.39, 0.29) is 11.7 Å². The van der Waals surface area contributed by atoms with E-state index in [1.54, 1.807) is 35.2 Å². The van der Waals surface area contributed by atoms with Gasteiger partial charge in [-0.1, -0.05) is 66.4 Å². The molecule has 0 N–H and O–H groups in total. The molecule has 0 bridgehead atoms. The smallest absolute Gasteiger partial charge is 0.306 e. The van der Waals surface area contributed by atoms with E-state index in [1.807, 2.05) is 30.3 Å². The Morgan fingerprint density at radius 1 is 1.15 bits per heavy atom. The molecular formula is C18H15NO4S3. The average molecular weight is 406 g/mol. The number of carbonyl (C=O) groups is 1. The topological polar surface area (TPSA) is 63.7 Å². The second kappa shape index (κ2) is 7.61. The van der Waals surface area contributed by atoms with E-state index in [2.05, 4.69) is 0 Å². The first-order valence-electron chi connectivity index (χ1n) is 7.61. The normalized spacial score (nSPS) is 16.3. The average Bonchev–Trinajstić information content (AvgIpc) is 2.82. The molecule has 1 amide bonds. The van der Waals surface area contributed by atoms with Gasteiger partial charge in [0.05, 0.1) is 17.7 Å². The summed E-state index contributed by atoms with van der Waals surface area (Å²) in [7, 11) is -3.61. The van der Waals surface area contributed by atoms with Crippen molar-refractivity contribution in [3.8, 4) is 5.75 Å². The fourth-order valence-electron chi connectivity index (χ4n) is 2.38. The summed E-state index contributed by atoms with van der Waals surface area (Å²) in [6.45, 7) is 0.417. The van der Waals surface area contributed by atoms with Gasteiger partial charge in [-0.2, -0.15) is 8.42 Å². The van der Waals surface area contributed by atoms with Crippen molar-refractivity contribution in [1.29, 1.82) is 0 Å². The van der Waals surface area contributed by atoms with Crippen LogP contribution in [0.15, 0.2) is 59.5 Å². The Labute approximate surface area is 161 Å². The van der Waals surface area contributed by atoms with Crippen molar-refractivity contribution in [2.75, 3.05) is 6.26 Å². The Morgan fingerprint density at radius 2 is 1.88 bits per heavy atom. The van der Waals surface area contributed by atoms with E-state index >= 15 is 0 Å². The molecule has 0 atom stereocenters. The molecule has 0 aromatic heterocycles. The predicted molar refractivity (Wildman–Crippen MR) is 107 cm³/mol. The number of thioether (sulfide) groups is 1. The van der Waals surface area contributed by atoms with Crippen LogP contribution < -0.4 is 4.18 Å². The number of benzene rings is 2. The fraction of sp³-hybridized carbons (Fsp3) is 0.111. The van der Waals surface area contributed by atoms with E-state index in [9.17, 15) is 13.2 Å². The third-order valence-electron chi connectivity index (χ3n) is 3.46. The van der Waals surface area contributed by atoms with Crippen LogP contribution in [0.5, 0.6) is 5.75 Å². The lowest BCUT2D eigenvalue weighted by molar-refractivity contribution is -0.122. The quantitative estimate of drug-likeness (QED) is 0.431. The van der Waals surface area contributed by atoms with Gasteiger partial charge in [-0.05, 0) is 29.3 Å². The van der Waals surface area contributed by atoms with Crippen LogP contribution in [0.25, 0.3) is 6.08 Å². The molecule has 1 fully saturated rings. The molecule has 0 unspecified atom stereocenters. The van der Waals surface area contributed by atoms with Crippen molar-refractivity contribution < 1.29 is 17.4 Å². The first-order valence-corrected chi connectivity index (χ1v) is 10.6. The molecule has 0 saturated carbocycles. The lowest BCUT2D eigenvalue weighted by atomic mass is 10.2. The Morgan fingerprint density at radius 3 is 2.58 bits per heavy atom. The van der Waals surface area contributed by atoms with E-state index in [1.165, 1.54) is 11.8 Å². The van der Waals surface area contributed by atoms with Gasteiger partial charge >= 0.3 is 10.1 Å². The number of thiocarbonyl (C=S) groups is 1. The van der Waals surface area contributed by atoms with Gasteiger partial charge in [0.2, 0.25) is 0 Å². The van der Waals surface area contributed by atoms with Crippen LogP contribution in [0.3, 0.4) is 0 Å². The molecule has 1 heterocycles. The Balaban J connectivity index is 1.81. The Bertz CT molecular complexity index is 985. The van der Waals surface area contributed by atoms with Gasteiger partial charge in [-0.3, -0.25) is 9.69 Å². The third-order valence-corrected chi connectivity index (χ3v) is 5.33. The van der Waals surface area contributed by atoms with Gasteiger partial charge in [0.25, 0.3) is 5.91 Å². The van der Waals surface area contributed by atoms with E-state index < -0.39 is 10.1 Å². The standard InChI is InChI=1S/C18H15NO4S3/c1-26(21,22)23-15-9-5-8-14(10-15)11-16-17(20)19(18(24)25-16)12-13-6-3-2-4-7-13/h2-11H,12H2,1H3. The van der Waals surface area contributed by atoms with E-state index in [0.29, 0.717) is 21.3 Å². The minimum atomic E-state index is -3.61. The van der Waals surface area contributed by atoms with Crippen molar-refractivity contribution in [3.05, 3.63) is 70.6 Å². The summed E-state index contributed by atoms with van der Waals surface area (Å²) < 4.78 is 27.9. The minimum Gasteiger partial charge on any atom is -0.383 e. The monoisotopic (exact) mass is 405 g/mol. The largest absolute Gasteiger partial charge is 0.383 e. The maximum atomic E-state index is 12.7. The van der Waals surface area contributed by atoms with Gasteiger partial charge in [0.1, 0.15) is 10.1 Å². The zero-order valence-corrected chi connectivity index (χ0v) is 16.2. The van der Waals surface area contributed by atoms with Gasteiger partial charge in [-0.15, -0.1) is 0 Å². The highest BCUT2D eigenvalue weighted by molar-refractivity contribution is 8.26. The van der Waals surface area contributed by atoms with Crippen LogP contribution in [0, 0.1) is 0 Å². The first kappa shape index (κ1) is 18.6. The second-order valence-electron chi connectivity index (χ2n) is 5.61. The Hall–Kier alpha value is -2.16. The highest BCUT2D eigenvalue weighted by Crippen LogP contribution is 2.34. The molecule has 26 heavy (non-hydrogen) atoms. The molecule has 0 aliphatic carbocycles. The molecule has 1 aliphatic rings. The van der Waals surface area contributed by atoms with Crippen LogP contribution >= 0.6 is 24.0 Å². The molecule has 2 aromatic carbocycles. The number of amides is 1. The van der Waals surface area contributed by atoms with Gasteiger partial charge in [0, 0.05) is 0 Å². The minimum absolute atomic E-state index is 0.168. The number of hydrogen-bond acceptors (Lipinski definition) is 6. The van der Waals surface area contributed by atoms with Crippen molar-refractivity contribution in [3.63, 3.8) is 0 Å². The highest BCUT2D eigenvalue weighted by Gasteiger charge is 2.31. The summed E-state index contributed by atoms with van der Waals surface area (Å²) in [6.07, 6.45) is 2.66. The molecule has 134 valence electrons. The van der Waals surface area contributed by atoms with Crippen molar-refractivity contribution in [1.82, 2.24) is 4.90 Å². The number of nitrogens with zero attached hydrogens (tertiary/aromatic N) is 1. The van der Waals surface area contributed by atoms with E-state index in [4.69, 9.17) is 16.4 Å². The van der Waals surface area contributed by atoms with Crippen LogP contribution in [0.1, 0.15) is 11.1 Å². The van der Waals surface area contributed by atoms with E-state index in [0.717, 1.165) is 11.8 Å². The summed E-state index contributed by atoms with van der Waals surface area (Å²) >= 11 is 6.56. The fourth-order valence-corrected chi connectivity index (χ4v) is 4.09. The summed E-state index contributed by atoms with van der Waals surface area (Å²) in [6, 6.07) is 16.1. The maximum absolute atomic E-state index is 12.7. The van der Waals surface area contributed by atoms with Crippen molar-refractivity contribution in [2.45, 2.75) is 6.54 Å². The van der Waals surface area contributed by atoms with Crippen molar-refractivity contribution >= 4 is 50.4 Å². The lowest BCUT2D eigenvalue weighted by Crippen LogP contribution is -2.27. The molecule has 5 nitrogen and oxygen atoms in total. The number of carbonyl (C=O) groups excluding carboxylic acids is 1. The number of rotatable bonds is 5. The molecule has 1 saturated heterocycles.